The van der Waals surface area contributed by atoms with E-state index in [2.05, 4.69) is 0 Å². The molecule has 0 saturated heterocycles. The quantitative estimate of drug-likeness (QED) is 0.418. The summed E-state index contributed by atoms with van der Waals surface area (Å²) in [4.78, 5) is 12.7. The molecule has 2 aromatic rings. The highest BCUT2D eigenvalue weighted by Gasteiger charge is 2.34. The Morgan fingerprint density at radius 3 is 2.55 bits per heavy atom. The molecule has 0 saturated carbocycles. The second kappa shape index (κ2) is 9.11. The van der Waals surface area contributed by atoms with Crippen molar-refractivity contribution in [2.24, 2.45) is 0 Å². The molecule has 0 bridgehead atoms. The van der Waals surface area contributed by atoms with Gasteiger partial charge in [-0.05, 0) is 50.6 Å². The van der Waals surface area contributed by atoms with Crippen LogP contribution in [0, 0.1) is 6.92 Å². The van der Waals surface area contributed by atoms with E-state index in [1.165, 1.54) is 4.31 Å². The number of fused-ring (bicyclic) bond motifs is 1. The molecule has 0 amide bonds. The summed E-state index contributed by atoms with van der Waals surface area (Å²) in [5, 5.41) is 0. The van der Waals surface area contributed by atoms with Crippen molar-refractivity contribution >= 4 is 22.9 Å². The number of rotatable bonds is 7. The van der Waals surface area contributed by atoms with Gasteiger partial charge in [-0.15, -0.1) is 0 Å². The zero-order valence-electron chi connectivity index (χ0n) is 16.5. The van der Waals surface area contributed by atoms with Crippen LogP contribution in [0.4, 0.5) is 5.69 Å². The van der Waals surface area contributed by atoms with Gasteiger partial charge in [-0.3, -0.25) is 8.86 Å². The summed E-state index contributed by atoms with van der Waals surface area (Å²) < 4.78 is 39.9. The van der Waals surface area contributed by atoms with Crippen LogP contribution in [0.1, 0.15) is 31.0 Å². The second-order valence-corrected chi connectivity index (χ2v) is 7.23. The molecule has 7 nitrogen and oxygen atoms in total. The van der Waals surface area contributed by atoms with Crippen molar-refractivity contribution in [3.05, 3.63) is 65.2 Å². The average Bonchev–Trinajstić information content (AvgIpc) is 3.17. The van der Waals surface area contributed by atoms with Gasteiger partial charge in [0.15, 0.2) is 11.5 Å². The Labute approximate surface area is 172 Å². The molecule has 1 heterocycles. The summed E-state index contributed by atoms with van der Waals surface area (Å²) in [7, 11) is 0. The molecule has 0 spiro atoms. The molecule has 2 aromatic carbocycles. The standard InChI is InChI=1S/C21H23NO6S/c1-4-17(21(23)26-5-2)20(15-8-11-18-19(12-15)28-13-27-18)22(29(24)25)16-9-6-14(3)7-10-16/h4,6-12,20H,5,13H2,1-3H3,(H,24,25). The fourth-order valence-corrected chi connectivity index (χ4v) is 3.87. The van der Waals surface area contributed by atoms with E-state index in [0.717, 1.165) is 5.56 Å². The van der Waals surface area contributed by atoms with Crippen LogP contribution in [0.5, 0.6) is 11.5 Å². The van der Waals surface area contributed by atoms with E-state index < -0.39 is 23.3 Å². The molecule has 1 N–H and O–H groups in total. The van der Waals surface area contributed by atoms with Crippen molar-refractivity contribution in [2.75, 3.05) is 17.7 Å². The van der Waals surface area contributed by atoms with Crippen LogP contribution in [0.3, 0.4) is 0 Å². The predicted molar refractivity (Wildman–Crippen MR) is 110 cm³/mol. The summed E-state index contributed by atoms with van der Waals surface area (Å²) in [5.41, 5.74) is 2.34. The molecular formula is C21H23NO6S. The minimum Gasteiger partial charge on any atom is -0.463 e. The first-order valence-electron chi connectivity index (χ1n) is 9.16. The first-order chi connectivity index (χ1) is 14.0. The molecule has 1 aliphatic heterocycles. The monoisotopic (exact) mass is 417 g/mol. The maximum atomic E-state index is 12.7. The van der Waals surface area contributed by atoms with E-state index >= 15 is 0 Å². The van der Waals surface area contributed by atoms with Crippen LogP contribution in [0.2, 0.25) is 0 Å². The number of hydrogen-bond acceptors (Lipinski definition) is 5. The number of aryl methyl sites for hydroxylation is 1. The molecule has 2 unspecified atom stereocenters. The lowest BCUT2D eigenvalue weighted by molar-refractivity contribution is -0.138. The number of carbonyl (C=O) groups excluding carboxylic acids is 1. The number of nitrogens with zero attached hydrogens (tertiary/aromatic N) is 1. The molecule has 1 aliphatic rings. The third-order valence-corrected chi connectivity index (χ3v) is 5.28. The summed E-state index contributed by atoms with van der Waals surface area (Å²) in [5.74, 6) is 0.539. The van der Waals surface area contributed by atoms with Crippen LogP contribution in [-0.2, 0) is 20.8 Å². The number of hydrogen-bond donors (Lipinski definition) is 1. The topological polar surface area (TPSA) is 85.3 Å². The molecule has 3 rings (SSSR count). The van der Waals surface area contributed by atoms with Gasteiger partial charge < -0.3 is 14.2 Å². The maximum absolute atomic E-state index is 12.7. The van der Waals surface area contributed by atoms with Gasteiger partial charge in [0.25, 0.3) is 11.3 Å². The zero-order valence-corrected chi connectivity index (χ0v) is 17.3. The Balaban J connectivity index is 2.16. The molecule has 0 fully saturated rings. The highest BCUT2D eigenvalue weighted by atomic mass is 32.2. The Morgan fingerprint density at radius 1 is 1.24 bits per heavy atom. The molecule has 29 heavy (non-hydrogen) atoms. The third kappa shape index (κ3) is 4.44. The van der Waals surface area contributed by atoms with Gasteiger partial charge >= 0.3 is 5.97 Å². The van der Waals surface area contributed by atoms with Crippen molar-refractivity contribution in [2.45, 2.75) is 26.8 Å². The van der Waals surface area contributed by atoms with Crippen molar-refractivity contribution in [3.63, 3.8) is 0 Å². The number of allylic oxidation sites excluding steroid dienone is 1. The molecular weight excluding hydrogens is 394 g/mol. The van der Waals surface area contributed by atoms with Crippen LogP contribution >= 0.6 is 0 Å². The highest BCUT2D eigenvalue weighted by molar-refractivity contribution is 7.80. The van der Waals surface area contributed by atoms with Crippen LogP contribution in [0.25, 0.3) is 0 Å². The smallest absolute Gasteiger partial charge is 0.336 e. The third-order valence-electron chi connectivity index (χ3n) is 4.52. The number of esters is 1. The van der Waals surface area contributed by atoms with Crippen molar-refractivity contribution in [1.29, 1.82) is 0 Å². The first kappa shape index (κ1) is 20.9. The van der Waals surface area contributed by atoms with E-state index in [4.69, 9.17) is 14.2 Å². The van der Waals surface area contributed by atoms with Crippen LogP contribution in [-0.4, -0.2) is 28.1 Å². The molecule has 2 atom stereocenters. The van der Waals surface area contributed by atoms with Gasteiger partial charge in [-0.25, -0.2) is 9.00 Å². The van der Waals surface area contributed by atoms with Gasteiger partial charge in [0.1, 0.15) is 6.04 Å². The normalized spacial score (nSPS) is 15.0. The summed E-state index contributed by atoms with van der Waals surface area (Å²) >= 11 is -2.42. The molecule has 0 aliphatic carbocycles. The van der Waals surface area contributed by atoms with Gasteiger partial charge in [0, 0.05) is 0 Å². The summed E-state index contributed by atoms with van der Waals surface area (Å²) in [6.45, 7) is 5.63. The number of benzene rings is 2. The lowest BCUT2D eigenvalue weighted by Gasteiger charge is -2.31. The van der Waals surface area contributed by atoms with Crippen LogP contribution < -0.4 is 13.8 Å². The van der Waals surface area contributed by atoms with E-state index in [1.807, 2.05) is 19.1 Å². The van der Waals surface area contributed by atoms with E-state index in [1.54, 1.807) is 50.3 Å². The fraction of sp³-hybridized carbons (Fsp3) is 0.286. The van der Waals surface area contributed by atoms with Gasteiger partial charge in [0.05, 0.1) is 17.9 Å². The van der Waals surface area contributed by atoms with Crippen molar-refractivity contribution in [3.8, 4) is 11.5 Å². The van der Waals surface area contributed by atoms with E-state index in [-0.39, 0.29) is 19.0 Å². The highest BCUT2D eigenvalue weighted by Crippen LogP contribution is 2.40. The molecule has 0 aromatic heterocycles. The first-order valence-corrected chi connectivity index (χ1v) is 10.2. The average molecular weight is 417 g/mol. The SMILES string of the molecule is CC=C(C(=O)OCC)C(c1ccc2c(c1)OCO2)N(c1ccc(C)cc1)S(=O)O. The summed E-state index contributed by atoms with van der Waals surface area (Å²) in [6, 6.07) is 11.5. The van der Waals surface area contributed by atoms with E-state index in [9.17, 15) is 13.6 Å². The van der Waals surface area contributed by atoms with Crippen molar-refractivity contribution in [1.82, 2.24) is 0 Å². The second-order valence-electron chi connectivity index (χ2n) is 6.37. The Kier molecular flexibility index (Phi) is 6.56. The lowest BCUT2D eigenvalue weighted by Crippen LogP contribution is -2.34. The minimum atomic E-state index is -2.42. The molecule has 0 radical (unpaired) electrons. The van der Waals surface area contributed by atoms with Crippen LogP contribution in [0.15, 0.2) is 54.1 Å². The van der Waals surface area contributed by atoms with Gasteiger partial charge in [0.2, 0.25) is 6.79 Å². The number of carbonyl (C=O) groups is 1. The van der Waals surface area contributed by atoms with Crippen molar-refractivity contribution < 1.29 is 27.8 Å². The Hall–Kier alpha value is -2.84. The summed E-state index contributed by atoms with van der Waals surface area (Å²) in [6.07, 6.45) is 1.60. The predicted octanol–water partition coefficient (Wildman–Crippen LogP) is 3.92. The van der Waals surface area contributed by atoms with Gasteiger partial charge in [-0.2, -0.15) is 0 Å². The zero-order chi connectivity index (χ0) is 21.0. The Morgan fingerprint density at radius 2 is 1.93 bits per heavy atom. The van der Waals surface area contributed by atoms with E-state index in [0.29, 0.717) is 22.7 Å². The number of anilines is 1. The van der Waals surface area contributed by atoms with Gasteiger partial charge in [-0.1, -0.05) is 29.8 Å². The minimum absolute atomic E-state index is 0.103. The molecule has 8 heteroatoms. The maximum Gasteiger partial charge on any atom is 0.336 e. The molecule has 154 valence electrons. The number of ether oxygens (including phenoxy) is 3. The largest absolute Gasteiger partial charge is 0.463 e. The fourth-order valence-electron chi connectivity index (χ4n) is 3.15. The lowest BCUT2D eigenvalue weighted by atomic mass is 9.97. The Bertz CT molecular complexity index is 941.